The van der Waals surface area contributed by atoms with Crippen LogP contribution < -0.4 is 10.6 Å². The Balaban J connectivity index is 1.47. The van der Waals surface area contributed by atoms with Crippen molar-refractivity contribution < 1.29 is 23.8 Å². The van der Waals surface area contributed by atoms with Crippen molar-refractivity contribution in [1.29, 1.82) is 0 Å². The minimum absolute atomic E-state index is 0.153. The number of hydrogen-bond donors (Lipinski definition) is 3. The third kappa shape index (κ3) is 6.03. The summed E-state index contributed by atoms with van der Waals surface area (Å²) >= 11 is 0. The number of carbonyl (C=O) groups is 2. The zero-order valence-corrected chi connectivity index (χ0v) is 15.8. The number of rotatable bonds is 7. The minimum Gasteiger partial charge on any atom is -0.394 e. The van der Waals surface area contributed by atoms with E-state index in [4.69, 9.17) is 4.74 Å². The van der Waals surface area contributed by atoms with Gasteiger partial charge in [0.2, 0.25) is 5.91 Å². The van der Waals surface area contributed by atoms with Crippen molar-refractivity contribution in [3.63, 3.8) is 0 Å². The molecule has 0 saturated carbocycles. The van der Waals surface area contributed by atoms with Crippen LogP contribution in [0, 0.1) is 5.82 Å². The van der Waals surface area contributed by atoms with Gasteiger partial charge in [0.15, 0.2) is 0 Å². The summed E-state index contributed by atoms with van der Waals surface area (Å²) in [6.45, 7) is 0.0152. The van der Waals surface area contributed by atoms with Crippen LogP contribution in [-0.2, 0) is 16.1 Å². The molecule has 0 unspecified atom stereocenters. The van der Waals surface area contributed by atoms with Gasteiger partial charge in [-0.3, -0.25) is 9.59 Å². The number of ether oxygens (including phenoxy) is 1. The summed E-state index contributed by atoms with van der Waals surface area (Å²) in [6, 6.07) is 6.55. The summed E-state index contributed by atoms with van der Waals surface area (Å²) in [5.74, 6) is -0.964. The van der Waals surface area contributed by atoms with Crippen molar-refractivity contribution in [3.8, 4) is 0 Å². The Hall–Kier alpha value is -2.91. The maximum Gasteiger partial charge on any atom is 0.251 e. The Kier molecular flexibility index (Phi) is 7.20. The van der Waals surface area contributed by atoms with Gasteiger partial charge in [0.05, 0.1) is 37.4 Å². The molecule has 1 aromatic carbocycles. The molecule has 3 rings (SSSR count). The summed E-state index contributed by atoms with van der Waals surface area (Å²) in [5.41, 5.74) is 1.03. The molecule has 2 heterocycles. The lowest BCUT2D eigenvalue weighted by Gasteiger charge is -2.36. The monoisotopic (exact) mass is 402 g/mol. The SMILES string of the molecule is O=C(C[C@@H]1CC[C@@H](NC(=O)c2ccc(F)cc2)[C@H](CO)O1)NCc1ccncn1. The summed E-state index contributed by atoms with van der Waals surface area (Å²) in [6.07, 6.45) is 3.32. The smallest absolute Gasteiger partial charge is 0.251 e. The van der Waals surface area contributed by atoms with E-state index >= 15 is 0 Å². The van der Waals surface area contributed by atoms with Gasteiger partial charge in [0.25, 0.3) is 5.91 Å². The van der Waals surface area contributed by atoms with Crippen LogP contribution in [0.5, 0.6) is 0 Å². The number of aliphatic hydroxyl groups excluding tert-OH is 1. The van der Waals surface area contributed by atoms with E-state index in [0.29, 0.717) is 30.6 Å². The highest BCUT2D eigenvalue weighted by Gasteiger charge is 2.33. The van der Waals surface area contributed by atoms with Crippen molar-refractivity contribution in [2.24, 2.45) is 0 Å². The molecule has 0 radical (unpaired) electrons. The van der Waals surface area contributed by atoms with E-state index in [-0.39, 0.29) is 30.9 Å². The second kappa shape index (κ2) is 10.0. The number of amides is 2. The highest BCUT2D eigenvalue weighted by molar-refractivity contribution is 5.94. The lowest BCUT2D eigenvalue weighted by molar-refractivity contribution is -0.131. The average molecular weight is 402 g/mol. The van der Waals surface area contributed by atoms with E-state index in [9.17, 15) is 19.1 Å². The van der Waals surface area contributed by atoms with Gasteiger partial charge in [-0.1, -0.05) is 0 Å². The second-order valence-corrected chi connectivity index (χ2v) is 6.82. The Morgan fingerprint density at radius 1 is 1.21 bits per heavy atom. The van der Waals surface area contributed by atoms with E-state index in [0.717, 1.165) is 0 Å². The number of nitrogens with one attached hydrogen (secondary N) is 2. The van der Waals surface area contributed by atoms with E-state index < -0.39 is 18.0 Å². The molecular weight excluding hydrogens is 379 g/mol. The van der Waals surface area contributed by atoms with E-state index in [2.05, 4.69) is 20.6 Å². The zero-order valence-electron chi connectivity index (χ0n) is 15.8. The van der Waals surface area contributed by atoms with Gasteiger partial charge in [-0.25, -0.2) is 14.4 Å². The van der Waals surface area contributed by atoms with Crippen LogP contribution in [-0.4, -0.2) is 51.7 Å². The third-order valence-corrected chi connectivity index (χ3v) is 4.74. The number of halogens is 1. The van der Waals surface area contributed by atoms with E-state index in [1.54, 1.807) is 12.3 Å². The Labute approximate surface area is 167 Å². The molecule has 0 spiro atoms. The fourth-order valence-electron chi connectivity index (χ4n) is 3.19. The molecule has 0 aliphatic carbocycles. The maximum absolute atomic E-state index is 13.0. The Morgan fingerprint density at radius 3 is 2.69 bits per heavy atom. The summed E-state index contributed by atoms with van der Waals surface area (Å²) in [4.78, 5) is 32.3. The average Bonchev–Trinajstić information content (AvgIpc) is 2.74. The minimum atomic E-state index is -0.618. The first-order valence-corrected chi connectivity index (χ1v) is 9.39. The first-order valence-electron chi connectivity index (χ1n) is 9.39. The van der Waals surface area contributed by atoms with Crippen molar-refractivity contribution in [3.05, 3.63) is 59.9 Å². The van der Waals surface area contributed by atoms with Crippen molar-refractivity contribution in [2.45, 2.75) is 44.1 Å². The van der Waals surface area contributed by atoms with Crippen LogP contribution in [0.25, 0.3) is 0 Å². The standard InChI is InChI=1S/C20H23FN4O4/c21-14-3-1-13(2-4-14)20(28)25-17-6-5-16(29-18(17)11-26)9-19(27)23-10-15-7-8-22-12-24-15/h1-4,7-8,12,16-18,26H,5-6,9-11H2,(H,23,27)(H,25,28)/t16-,17+,18-/m0/s1. The fourth-order valence-corrected chi connectivity index (χ4v) is 3.19. The van der Waals surface area contributed by atoms with Crippen LogP contribution in [0.1, 0.15) is 35.3 Å². The zero-order chi connectivity index (χ0) is 20.6. The van der Waals surface area contributed by atoms with Crippen LogP contribution in [0.4, 0.5) is 4.39 Å². The fraction of sp³-hybridized carbons (Fsp3) is 0.400. The van der Waals surface area contributed by atoms with E-state index in [1.165, 1.54) is 30.6 Å². The molecule has 9 heteroatoms. The summed E-state index contributed by atoms with van der Waals surface area (Å²) < 4.78 is 18.8. The van der Waals surface area contributed by atoms with Gasteiger partial charge in [-0.05, 0) is 43.2 Å². The first-order chi connectivity index (χ1) is 14.0. The maximum atomic E-state index is 13.0. The normalized spacial score (nSPS) is 21.4. The molecule has 8 nitrogen and oxygen atoms in total. The molecule has 0 bridgehead atoms. The number of aliphatic hydroxyl groups is 1. The highest BCUT2D eigenvalue weighted by Crippen LogP contribution is 2.22. The molecule has 1 fully saturated rings. The van der Waals surface area contributed by atoms with Crippen LogP contribution in [0.15, 0.2) is 42.9 Å². The molecule has 1 aliphatic rings. The van der Waals surface area contributed by atoms with Crippen molar-refractivity contribution in [2.75, 3.05) is 6.61 Å². The molecule has 2 amide bonds. The number of hydrogen-bond acceptors (Lipinski definition) is 6. The van der Waals surface area contributed by atoms with Gasteiger partial charge in [0.1, 0.15) is 18.2 Å². The predicted octanol–water partition coefficient (Wildman–Crippen LogP) is 0.960. The van der Waals surface area contributed by atoms with Gasteiger partial charge in [0, 0.05) is 11.8 Å². The van der Waals surface area contributed by atoms with Crippen LogP contribution >= 0.6 is 0 Å². The Bertz CT molecular complexity index is 819. The first kappa shape index (κ1) is 20.8. The quantitative estimate of drug-likeness (QED) is 0.636. The third-order valence-electron chi connectivity index (χ3n) is 4.74. The number of nitrogens with zero attached hydrogens (tertiary/aromatic N) is 2. The molecule has 1 aliphatic heterocycles. The topological polar surface area (TPSA) is 113 Å². The van der Waals surface area contributed by atoms with Crippen LogP contribution in [0.3, 0.4) is 0 Å². The molecular formula is C20H23FN4O4. The summed E-state index contributed by atoms with van der Waals surface area (Å²) in [7, 11) is 0. The molecule has 1 aromatic heterocycles. The second-order valence-electron chi connectivity index (χ2n) is 6.82. The predicted molar refractivity (Wildman–Crippen MR) is 101 cm³/mol. The molecule has 29 heavy (non-hydrogen) atoms. The largest absolute Gasteiger partial charge is 0.394 e. The van der Waals surface area contributed by atoms with Crippen molar-refractivity contribution in [1.82, 2.24) is 20.6 Å². The number of carbonyl (C=O) groups excluding carboxylic acids is 2. The van der Waals surface area contributed by atoms with Crippen molar-refractivity contribution >= 4 is 11.8 Å². The van der Waals surface area contributed by atoms with Crippen LogP contribution in [0.2, 0.25) is 0 Å². The molecule has 3 N–H and O–H groups in total. The molecule has 2 aromatic rings. The lowest BCUT2D eigenvalue weighted by atomic mass is 9.96. The molecule has 1 saturated heterocycles. The Morgan fingerprint density at radius 2 is 2.00 bits per heavy atom. The van der Waals surface area contributed by atoms with Gasteiger partial charge in [-0.15, -0.1) is 0 Å². The van der Waals surface area contributed by atoms with E-state index in [1.807, 2.05) is 0 Å². The summed E-state index contributed by atoms with van der Waals surface area (Å²) in [5, 5.41) is 15.2. The molecule has 154 valence electrons. The number of benzene rings is 1. The van der Waals surface area contributed by atoms with Gasteiger partial charge in [-0.2, -0.15) is 0 Å². The highest BCUT2D eigenvalue weighted by atomic mass is 19.1. The van der Waals surface area contributed by atoms with Gasteiger partial charge < -0.3 is 20.5 Å². The van der Waals surface area contributed by atoms with Gasteiger partial charge >= 0.3 is 0 Å². The number of aromatic nitrogens is 2. The lowest BCUT2D eigenvalue weighted by Crippen LogP contribution is -2.51. The molecule has 3 atom stereocenters.